The monoisotopic (exact) mass is 542 g/mol. The van der Waals surface area contributed by atoms with Gasteiger partial charge in [-0.15, -0.1) is 0 Å². The fourth-order valence-electron chi connectivity index (χ4n) is 4.94. The van der Waals surface area contributed by atoms with Gasteiger partial charge in [0.15, 0.2) is 0 Å². The third-order valence-corrected chi connectivity index (χ3v) is 9.57. The van der Waals surface area contributed by atoms with E-state index in [-0.39, 0.29) is 17.7 Å². The summed E-state index contributed by atoms with van der Waals surface area (Å²) in [5.74, 6) is 0. The average molecular weight is 543 g/mol. The molecule has 2 unspecified atom stereocenters. The molecule has 0 amide bonds. The highest BCUT2D eigenvalue weighted by Crippen LogP contribution is 2.52. The molecule has 38 heavy (non-hydrogen) atoms. The highest BCUT2D eigenvalue weighted by Gasteiger charge is 2.28. The summed E-state index contributed by atoms with van der Waals surface area (Å²) in [5, 5.41) is 3.69. The number of aryl methyl sites for hydroxylation is 1. The van der Waals surface area contributed by atoms with Crippen LogP contribution in [0, 0.1) is 6.92 Å². The molecule has 2 aromatic heterocycles. The molecule has 1 fully saturated rings. The predicted octanol–water partition coefficient (Wildman–Crippen LogP) is 6.84. The molecule has 0 saturated carbocycles. The number of hydrogen-bond donors (Lipinski definition) is 2. The maximum atomic E-state index is 11.9. The summed E-state index contributed by atoms with van der Waals surface area (Å²) in [4.78, 5) is 26.5. The Morgan fingerprint density at radius 2 is 2.03 bits per heavy atom. The summed E-state index contributed by atoms with van der Waals surface area (Å²) >= 11 is 3.63. The molecule has 2 atom stereocenters. The van der Waals surface area contributed by atoms with Gasteiger partial charge in [-0.3, -0.25) is 9.78 Å². The molecule has 4 heterocycles. The van der Waals surface area contributed by atoms with Gasteiger partial charge in [-0.05, 0) is 60.9 Å². The second-order valence-electron chi connectivity index (χ2n) is 9.62. The first-order valence-corrected chi connectivity index (χ1v) is 14.6. The molecule has 6 rings (SSSR count). The summed E-state index contributed by atoms with van der Waals surface area (Å²) in [7, 11) is 0. The summed E-state index contributed by atoms with van der Waals surface area (Å²) in [6.07, 6.45) is 4.54. The standard InChI is InChI=1S/C30H30N4O2S2/c1-3-23(24-9-7-19(2)17-32-24)33-20-8-10-26-28(15-20)37-27-6-4-5-22(30(27)38-26)25-18-34(13-14-36-25)21-11-12-31-29(35)16-21/h4-12,15-17,23,25,33H,3,13-14,18H2,1-2H3,(H,31,35). The van der Waals surface area contributed by atoms with Crippen LogP contribution in [0.15, 0.2) is 97.4 Å². The molecule has 2 N–H and O–H groups in total. The molecule has 2 aliphatic heterocycles. The van der Waals surface area contributed by atoms with Gasteiger partial charge in [-0.25, -0.2) is 0 Å². The Bertz CT molecular complexity index is 1510. The lowest BCUT2D eigenvalue weighted by molar-refractivity contribution is 0.0379. The molecular formula is C30H30N4O2S2. The number of benzene rings is 2. The van der Waals surface area contributed by atoms with E-state index in [4.69, 9.17) is 4.74 Å². The fraction of sp³-hybridized carbons (Fsp3) is 0.267. The van der Waals surface area contributed by atoms with Crippen LogP contribution in [0.3, 0.4) is 0 Å². The van der Waals surface area contributed by atoms with Crippen LogP contribution < -0.4 is 15.8 Å². The van der Waals surface area contributed by atoms with Gasteiger partial charge >= 0.3 is 0 Å². The van der Waals surface area contributed by atoms with Crippen molar-refractivity contribution in [1.82, 2.24) is 9.97 Å². The van der Waals surface area contributed by atoms with Crippen molar-refractivity contribution in [1.29, 1.82) is 0 Å². The molecule has 8 heteroatoms. The van der Waals surface area contributed by atoms with Crippen LogP contribution in [-0.4, -0.2) is 29.7 Å². The molecule has 6 nitrogen and oxygen atoms in total. The number of H-pyrrole nitrogens is 1. The zero-order valence-electron chi connectivity index (χ0n) is 21.4. The van der Waals surface area contributed by atoms with Crippen molar-refractivity contribution in [3.8, 4) is 0 Å². The number of aromatic amines is 1. The Morgan fingerprint density at radius 1 is 1.11 bits per heavy atom. The lowest BCUT2D eigenvalue weighted by Gasteiger charge is -2.36. The second kappa shape index (κ2) is 10.9. The molecule has 1 saturated heterocycles. The Balaban J connectivity index is 1.22. The van der Waals surface area contributed by atoms with E-state index < -0.39 is 0 Å². The quantitative estimate of drug-likeness (QED) is 0.244. The summed E-state index contributed by atoms with van der Waals surface area (Å²) in [6.45, 7) is 6.36. The van der Waals surface area contributed by atoms with Crippen LogP contribution in [0.1, 0.15) is 42.3 Å². The third kappa shape index (κ3) is 5.21. The third-order valence-electron chi connectivity index (χ3n) is 6.96. The van der Waals surface area contributed by atoms with E-state index in [1.165, 1.54) is 30.7 Å². The number of rotatable bonds is 6. The number of ether oxygens (including phenoxy) is 1. The number of hydrogen-bond acceptors (Lipinski definition) is 7. The normalized spacial score (nSPS) is 17.4. The van der Waals surface area contributed by atoms with Crippen LogP contribution in [0.2, 0.25) is 0 Å². The molecule has 0 aliphatic carbocycles. The predicted molar refractivity (Wildman–Crippen MR) is 155 cm³/mol. The van der Waals surface area contributed by atoms with Crippen LogP contribution in [0.4, 0.5) is 11.4 Å². The molecule has 2 aliphatic rings. The summed E-state index contributed by atoms with van der Waals surface area (Å²) in [5.41, 5.74) is 5.40. The lowest BCUT2D eigenvalue weighted by Crippen LogP contribution is -2.39. The highest BCUT2D eigenvalue weighted by atomic mass is 32.2. The summed E-state index contributed by atoms with van der Waals surface area (Å²) in [6, 6.07) is 21.2. The lowest BCUT2D eigenvalue weighted by atomic mass is 10.1. The Morgan fingerprint density at radius 3 is 2.84 bits per heavy atom. The first-order chi connectivity index (χ1) is 18.6. The van der Waals surface area contributed by atoms with E-state index in [9.17, 15) is 4.79 Å². The Hall–Kier alpha value is -3.20. The molecule has 0 spiro atoms. The van der Waals surface area contributed by atoms with Gasteiger partial charge < -0.3 is 19.9 Å². The topological polar surface area (TPSA) is 70.2 Å². The minimum Gasteiger partial charge on any atom is -0.377 e. The zero-order chi connectivity index (χ0) is 26.1. The number of fused-ring (bicyclic) bond motifs is 2. The van der Waals surface area contributed by atoms with E-state index in [0.717, 1.165) is 30.0 Å². The van der Waals surface area contributed by atoms with Crippen molar-refractivity contribution < 1.29 is 4.74 Å². The SMILES string of the molecule is CCC(Nc1ccc2c(c1)Sc1cccc(C3CN(c4cc[nH]c(=O)c4)CCO3)c1S2)c1ccc(C)cn1. The average Bonchev–Trinajstić information content (AvgIpc) is 2.95. The number of nitrogens with one attached hydrogen (secondary N) is 2. The largest absolute Gasteiger partial charge is 0.377 e. The van der Waals surface area contributed by atoms with Crippen molar-refractivity contribution in [2.45, 2.75) is 52.0 Å². The van der Waals surface area contributed by atoms with Crippen molar-refractivity contribution in [3.05, 3.63) is 100 Å². The number of nitrogens with zero attached hydrogens (tertiary/aromatic N) is 2. The first-order valence-electron chi connectivity index (χ1n) is 12.9. The van der Waals surface area contributed by atoms with Gasteiger partial charge in [0.1, 0.15) is 6.10 Å². The number of morpholine rings is 1. The number of anilines is 2. The van der Waals surface area contributed by atoms with E-state index in [1.807, 2.05) is 35.8 Å². The highest BCUT2D eigenvalue weighted by molar-refractivity contribution is 8.05. The zero-order valence-corrected chi connectivity index (χ0v) is 23.1. The van der Waals surface area contributed by atoms with E-state index in [0.29, 0.717) is 13.2 Å². The minimum absolute atomic E-state index is 0.0547. The van der Waals surface area contributed by atoms with Crippen LogP contribution >= 0.6 is 23.5 Å². The number of aromatic nitrogens is 2. The molecule has 0 bridgehead atoms. The number of pyridine rings is 2. The Labute approximate surface area is 231 Å². The molecule has 194 valence electrons. The molecule has 2 aromatic carbocycles. The van der Waals surface area contributed by atoms with Gasteiger partial charge in [0.25, 0.3) is 0 Å². The van der Waals surface area contributed by atoms with Gasteiger partial charge in [-0.2, -0.15) is 0 Å². The van der Waals surface area contributed by atoms with Gasteiger partial charge in [0.2, 0.25) is 5.56 Å². The van der Waals surface area contributed by atoms with Crippen LogP contribution in [-0.2, 0) is 4.74 Å². The smallest absolute Gasteiger partial charge is 0.249 e. The first kappa shape index (κ1) is 25.1. The second-order valence-corrected chi connectivity index (χ2v) is 11.8. The molecule has 0 radical (unpaired) electrons. The van der Waals surface area contributed by atoms with E-state index in [2.05, 4.69) is 82.6 Å². The van der Waals surface area contributed by atoms with Crippen molar-refractivity contribution in [2.24, 2.45) is 0 Å². The molecule has 4 aromatic rings. The van der Waals surface area contributed by atoms with E-state index >= 15 is 0 Å². The Kier molecular flexibility index (Phi) is 7.19. The maximum absolute atomic E-state index is 11.9. The van der Waals surface area contributed by atoms with Crippen LogP contribution in [0.5, 0.6) is 0 Å². The maximum Gasteiger partial charge on any atom is 0.249 e. The summed E-state index contributed by atoms with van der Waals surface area (Å²) < 4.78 is 6.26. The molecular weight excluding hydrogens is 512 g/mol. The van der Waals surface area contributed by atoms with Gasteiger partial charge in [0, 0.05) is 62.5 Å². The van der Waals surface area contributed by atoms with Crippen molar-refractivity contribution >= 4 is 34.9 Å². The van der Waals surface area contributed by atoms with Crippen molar-refractivity contribution in [2.75, 3.05) is 29.9 Å². The minimum atomic E-state index is -0.0829. The van der Waals surface area contributed by atoms with E-state index in [1.54, 1.807) is 12.3 Å². The fourth-order valence-corrected chi connectivity index (χ4v) is 7.39. The van der Waals surface area contributed by atoms with Gasteiger partial charge in [0.05, 0.1) is 18.3 Å². The van der Waals surface area contributed by atoms with Crippen molar-refractivity contribution in [3.63, 3.8) is 0 Å². The van der Waals surface area contributed by atoms with Crippen LogP contribution in [0.25, 0.3) is 0 Å². The van der Waals surface area contributed by atoms with Gasteiger partial charge in [-0.1, -0.05) is 48.6 Å².